The number of likely N-dealkylation sites (tertiary alicyclic amines) is 1. The number of hydrogen-bond acceptors (Lipinski definition) is 6. The Balaban J connectivity index is 1.26. The fraction of sp³-hybridized carbons (Fsp3) is 0.389. The Morgan fingerprint density at radius 2 is 2.23 bits per heavy atom. The molecule has 7 nitrogen and oxygen atoms in total. The summed E-state index contributed by atoms with van der Waals surface area (Å²) in [6.45, 7) is 3.10. The van der Waals surface area contributed by atoms with Crippen LogP contribution in [-0.4, -0.2) is 39.9 Å². The monoisotopic (exact) mass is 356 g/mol. The van der Waals surface area contributed by atoms with Gasteiger partial charge in [-0.15, -0.1) is 0 Å². The van der Waals surface area contributed by atoms with Gasteiger partial charge in [-0.3, -0.25) is 4.79 Å². The number of oxazole rings is 2. The zero-order valence-corrected chi connectivity index (χ0v) is 14.1. The minimum atomic E-state index is -0.350. The zero-order valence-electron chi connectivity index (χ0n) is 14.1. The van der Waals surface area contributed by atoms with Gasteiger partial charge in [-0.2, -0.15) is 4.98 Å². The van der Waals surface area contributed by atoms with Gasteiger partial charge in [0.2, 0.25) is 5.76 Å². The number of benzene rings is 1. The van der Waals surface area contributed by atoms with Crippen molar-refractivity contribution in [2.24, 2.45) is 11.8 Å². The SMILES string of the molecule is Cc1ncc(C(=O)N2CC3CC(Nc4nc5ccc(F)cc5o4)C3C2)o1. The van der Waals surface area contributed by atoms with Gasteiger partial charge >= 0.3 is 0 Å². The maximum atomic E-state index is 13.3. The van der Waals surface area contributed by atoms with Gasteiger partial charge in [0.15, 0.2) is 11.5 Å². The predicted molar refractivity (Wildman–Crippen MR) is 90.1 cm³/mol. The van der Waals surface area contributed by atoms with Crippen LogP contribution in [0.3, 0.4) is 0 Å². The summed E-state index contributed by atoms with van der Waals surface area (Å²) in [5, 5.41) is 3.29. The van der Waals surface area contributed by atoms with Crippen molar-refractivity contribution in [2.75, 3.05) is 18.4 Å². The number of amides is 1. The highest BCUT2D eigenvalue weighted by molar-refractivity contribution is 5.91. The molecule has 0 bridgehead atoms. The van der Waals surface area contributed by atoms with E-state index in [1.165, 1.54) is 18.3 Å². The molecule has 1 amide bonds. The summed E-state index contributed by atoms with van der Waals surface area (Å²) in [6.07, 6.45) is 2.42. The highest BCUT2D eigenvalue weighted by Crippen LogP contribution is 2.43. The lowest BCUT2D eigenvalue weighted by molar-refractivity contribution is 0.0754. The number of carbonyl (C=O) groups excluding carboxylic acids is 1. The number of aryl methyl sites for hydroxylation is 1. The Bertz CT molecular complexity index is 997. The number of nitrogens with zero attached hydrogens (tertiary/aromatic N) is 3. The standard InChI is InChI=1S/C18H17FN4O3/c1-9-20-6-16(25-9)17(24)23-7-10-4-14(12(10)8-23)22-18-21-13-3-2-11(19)5-15(13)26-18/h2-3,5-6,10,12,14H,4,7-8H2,1H3,(H,21,22). The van der Waals surface area contributed by atoms with E-state index >= 15 is 0 Å². The first kappa shape index (κ1) is 15.4. The van der Waals surface area contributed by atoms with E-state index in [-0.39, 0.29) is 23.5 Å². The molecule has 1 saturated carbocycles. The Morgan fingerprint density at radius 1 is 1.35 bits per heavy atom. The van der Waals surface area contributed by atoms with Crippen LogP contribution in [0.1, 0.15) is 22.9 Å². The topological polar surface area (TPSA) is 84.4 Å². The third-order valence-electron chi connectivity index (χ3n) is 5.34. The van der Waals surface area contributed by atoms with Crippen LogP contribution in [0.4, 0.5) is 10.4 Å². The number of halogens is 1. The number of aromatic nitrogens is 2. The van der Waals surface area contributed by atoms with Gasteiger partial charge in [-0.25, -0.2) is 9.37 Å². The zero-order chi connectivity index (χ0) is 17.8. The number of carbonyl (C=O) groups is 1. The van der Waals surface area contributed by atoms with Crippen molar-refractivity contribution in [3.05, 3.63) is 41.9 Å². The molecule has 2 fully saturated rings. The summed E-state index contributed by atoms with van der Waals surface area (Å²) in [6, 6.07) is 4.86. The van der Waals surface area contributed by atoms with Crippen LogP contribution in [-0.2, 0) is 0 Å². The first-order valence-corrected chi connectivity index (χ1v) is 8.61. The van der Waals surface area contributed by atoms with Crippen LogP contribution in [0.5, 0.6) is 0 Å². The second kappa shape index (κ2) is 5.55. The average Bonchev–Trinajstić information content (AvgIpc) is 3.28. The summed E-state index contributed by atoms with van der Waals surface area (Å²) in [5.41, 5.74) is 1.04. The molecule has 2 aromatic heterocycles. The lowest BCUT2D eigenvalue weighted by atomic mass is 9.71. The van der Waals surface area contributed by atoms with Crippen LogP contribution in [0.25, 0.3) is 11.1 Å². The maximum Gasteiger partial charge on any atom is 0.295 e. The molecular formula is C18H17FN4O3. The molecule has 3 atom stereocenters. The molecule has 1 saturated heterocycles. The van der Waals surface area contributed by atoms with Gasteiger partial charge in [0.1, 0.15) is 11.3 Å². The Morgan fingerprint density at radius 3 is 3.04 bits per heavy atom. The van der Waals surface area contributed by atoms with Crippen molar-refractivity contribution < 1.29 is 18.0 Å². The number of anilines is 1. The lowest BCUT2D eigenvalue weighted by Gasteiger charge is -2.39. The molecule has 1 aliphatic heterocycles. The largest absolute Gasteiger partial charge is 0.436 e. The van der Waals surface area contributed by atoms with E-state index in [1.54, 1.807) is 13.0 Å². The lowest BCUT2D eigenvalue weighted by Crippen LogP contribution is -2.45. The summed E-state index contributed by atoms with van der Waals surface area (Å²) in [5.74, 6) is 1.11. The highest BCUT2D eigenvalue weighted by Gasteiger charge is 2.49. The number of nitrogens with one attached hydrogen (secondary N) is 1. The van der Waals surface area contributed by atoms with Crippen molar-refractivity contribution in [1.29, 1.82) is 0 Å². The smallest absolute Gasteiger partial charge is 0.295 e. The Kier molecular flexibility index (Phi) is 3.28. The van der Waals surface area contributed by atoms with Gasteiger partial charge in [-0.05, 0) is 24.5 Å². The van der Waals surface area contributed by atoms with Crippen LogP contribution >= 0.6 is 0 Å². The molecule has 2 aliphatic rings. The highest BCUT2D eigenvalue weighted by atomic mass is 19.1. The minimum Gasteiger partial charge on any atom is -0.436 e. The van der Waals surface area contributed by atoms with Crippen molar-refractivity contribution in [3.8, 4) is 0 Å². The molecule has 0 radical (unpaired) electrons. The summed E-state index contributed by atoms with van der Waals surface area (Å²) in [7, 11) is 0. The van der Waals surface area contributed by atoms with Crippen molar-refractivity contribution in [1.82, 2.24) is 14.9 Å². The summed E-state index contributed by atoms with van der Waals surface area (Å²) >= 11 is 0. The van der Waals surface area contributed by atoms with E-state index < -0.39 is 0 Å². The molecule has 134 valence electrons. The second-order valence-corrected chi connectivity index (χ2v) is 7.00. The predicted octanol–water partition coefficient (Wildman–Crippen LogP) is 2.84. The van der Waals surface area contributed by atoms with Gasteiger partial charge in [0.05, 0.1) is 6.20 Å². The van der Waals surface area contributed by atoms with Crippen LogP contribution in [0, 0.1) is 24.6 Å². The second-order valence-electron chi connectivity index (χ2n) is 7.00. The molecule has 1 aliphatic carbocycles. The normalized spacial score (nSPS) is 24.5. The molecule has 3 aromatic rings. The molecule has 3 unspecified atom stereocenters. The molecule has 1 N–H and O–H groups in total. The first-order valence-electron chi connectivity index (χ1n) is 8.61. The van der Waals surface area contributed by atoms with E-state index in [2.05, 4.69) is 15.3 Å². The average molecular weight is 356 g/mol. The van der Waals surface area contributed by atoms with E-state index in [1.807, 2.05) is 4.90 Å². The van der Waals surface area contributed by atoms with Crippen molar-refractivity contribution in [2.45, 2.75) is 19.4 Å². The first-order chi connectivity index (χ1) is 12.6. The Hall–Kier alpha value is -2.90. The van der Waals surface area contributed by atoms with Crippen LogP contribution in [0.2, 0.25) is 0 Å². The van der Waals surface area contributed by atoms with Gasteiger partial charge in [-0.1, -0.05) is 0 Å². The number of rotatable bonds is 3. The summed E-state index contributed by atoms with van der Waals surface area (Å²) < 4.78 is 24.2. The Labute approximate surface area is 148 Å². The van der Waals surface area contributed by atoms with Crippen molar-refractivity contribution in [3.63, 3.8) is 0 Å². The van der Waals surface area contributed by atoms with Gasteiger partial charge in [0, 0.05) is 38.0 Å². The minimum absolute atomic E-state index is 0.115. The van der Waals surface area contributed by atoms with Gasteiger partial charge < -0.3 is 19.1 Å². The van der Waals surface area contributed by atoms with E-state index in [0.29, 0.717) is 41.4 Å². The fourth-order valence-corrected chi connectivity index (χ4v) is 3.97. The van der Waals surface area contributed by atoms with Crippen LogP contribution in [0.15, 0.2) is 33.2 Å². The number of hydrogen-bond donors (Lipinski definition) is 1. The molecule has 3 heterocycles. The molecule has 26 heavy (non-hydrogen) atoms. The molecule has 0 spiro atoms. The maximum absolute atomic E-state index is 13.3. The van der Waals surface area contributed by atoms with Crippen molar-refractivity contribution >= 4 is 23.0 Å². The molecule has 5 rings (SSSR count). The fourth-order valence-electron chi connectivity index (χ4n) is 3.97. The van der Waals surface area contributed by atoms with E-state index in [0.717, 1.165) is 13.0 Å². The van der Waals surface area contributed by atoms with E-state index in [4.69, 9.17) is 8.83 Å². The third kappa shape index (κ3) is 2.44. The van der Waals surface area contributed by atoms with Gasteiger partial charge in [0.25, 0.3) is 11.9 Å². The quantitative estimate of drug-likeness (QED) is 0.777. The molecule has 8 heteroatoms. The van der Waals surface area contributed by atoms with E-state index in [9.17, 15) is 9.18 Å². The summed E-state index contributed by atoms with van der Waals surface area (Å²) in [4.78, 5) is 22.6. The number of fused-ring (bicyclic) bond motifs is 2. The molecular weight excluding hydrogens is 339 g/mol. The molecule has 1 aromatic carbocycles. The van der Waals surface area contributed by atoms with Crippen LogP contribution < -0.4 is 5.32 Å². The third-order valence-corrected chi connectivity index (χ3v) is 5.34.